The molecule has 1 aliphatic heterocycles. The minimum Gasteiger partial charge on any atom is -0.341 e. The second-order valence-electron chi connectivity index (χ2n) is 3.04. The van der Waals surface area contributed by atoms with E-state index in [4.69, 9.17) is 0 Å². The van der Waals surface area contributed by atoms with Crippen molar-refractivity contribution in [2.75, 3.05) is 13.1 Å². The molecule has 0 spiro atoms. The number of rotatable bonds is 1. The first-order valence-corrected chi connectivity index (χ1v) is 4.41. The van der Waals surface area contributed by atoms with E-state index in [1.54, 1.807) is 11.2 Å². The van der Waals surface area contributed by atoms with Crippen LogP contribution in [-0.2, 0) is 0 Å². The lowest BCUT2D eigenvalue weighted by Gasteiger charge is -2.26. The number of carbonyl (C=O) groups excluding carboxylic acids is 1. The third kappa shape index (κ3) is 1.70. The van der Waals surface area contributed by atoms with Gasteiger partial charge in [0.1, 0.15) is 5.69 Å². The number of hydrazine groups is 1. The van der Waals surface area contributed by atoms with Crippen molar-refractivity contribution in [2.45, 2.75) is 12.8 Å². The van der Waals surface area contributed by atoms with Crippen LogP contribution in [0.2, 0.25) is 0 Å². The fraction of sp³-hybridized carbons (Fsp3) is 0.500. The summed E-state index contributed by atoms with van der Waals surface area (Å²) in [5.41, 5.74) is 3.58. The molecule has 2 rings (SSSR count). The van der Waals surface area contributed by atoms with E-state index in [0.29, 0.717) is 5.69 Å². The molecule has 1 aromatic rings. The first-order valence-electron chi connectivity index (χ1n) is 4.41. The lowest BCUT2D eigenvalue weighted by molar-refractivity contribution is 0.0605. The zero-order valence-corrected chi connectivity index (χ0v) is 7.29. The molecule has 0 radical (unpaired) electrons. The highest BCUT2D eigenvalue weighted by Crippen LogP contribution is 2.04. The zero-order valence-electron chi connectivity index (χ0n) is 7.29. The Morgan fingerprint density at radius 1 is 1.54 bits per heavy atom. The van der Waals surface area contributed by atoms with Crippen LogP contribution in [0.1, 0.15) is 23.3 Å². The molecule has 2 heterocycles. The monoisotopic (exact) mass is 180 g/mol. The van der Waals surface area contributed by atoms with Crippen molar-refractivity contribution in [3.05, 3.63) is 18.2 Å². The fourth-order valence-corrected chi connectivity index (χ4v) is 1.38. The molecule has 13 heavy (non-hydrogen) atoms. The number of nitrogens with zero attached hydrogens (tertiary/aromatic N) is 2. The van der Waals surface area contributed by atoms with Gasteiger partial charge in [-0.1, -0.05) is 0 Å². The molecule has 0 aromatic carbocycles. The SMILES string of the molecule is O=C(c1cnc[nH]1)N1CCCCN1. The summed E-state index contributed by atoms with van der Waals surface area (Å²) in [6.07, 6.45) is 5.25. The highest BCUT2D eigenvalue weighted by Gasteiger charge is 2.18. The van der Waals surface area contributed by atoms with Crippen LogP contribution in [0, 0.1) is 0 Å². The van der Waals surface area contributed by atoms with E-state index in [0.717, 1.165) is 25.9 Å². The van der Waals surface area contributed by atoms with E-state index in [2.05, 4.69) is 15.4 Å². The molecule has 5 nitrogen and oxygen atoms in total. The maximum Gasteiger partial charge on any atom is 0.286 e. The minimum atomic E-state index is -0.0304. The smallest absolute Gasteiger partial charge is 0.286 e. The van der Waals surface area contributed by atoms with Gasteiger partial charge < -0.3 is 4.98 Å². The lowest BCUT2D eigenvalue weighted by Crippen LogP contribution is -2.47. The van der Waals surface area contributed by atoms with Crippen molar-refractivity contribution >= 4 is 5.91 Å². The van der Waals surface area contributed by atoms with Gasteiger partial charge in [-0.3, -0.25) is 9.80 Å². The Labute approximate surface area is 76.1 Å². The fourth-order valence-electron chi connectivity index (χ4n) is 1.38. The Kier molecular flexibility index (Phi) is 2.27. The van der Waals surface area contributed by atoms with E-state index in [-0.39, 0.29) is 5.91 Å². The van der Waals surface area contributed by atoms with Gasteiger partial charge in [0.2, 0.25) is 0 Å². The molecule has 0 atom stereocenters. The van der Waals surface area contributed by atoms with Crippen molar-refractivity contribution in [3.63, 3.8) is 0 Å². The van der Waals surface area contributed by atoms with Crippen LogP contribution in [-0.4, -0.2) is 34.0 Å². The van der Waals surface area contributed by atoms with Gasteiger partial charge in [0.15, 0.2) is 0 Å². The highest BCUT2D eigenvalue weighted by molar-refractivity contribution is 5.91. The number of nitrogens with one attached hydrogen (secondary N) is 2. The topological polar surface area (TPSA) is 61.0 Å². The summed E-state index contributed by atoms with van der Waals surface area (Å²) in [7, 11) is 0. The van der Waals surface area contributed by atoms with Gasteiger partial charge in [-0.25, -0.2) is 10.4 Å². The molecule has 0 saturated carbocycles. The number of H-pyrrole nitrogens is 1. The first-order chi connectivity index (χ1) is 6.38. The average Bonchev–Trinajstić information content (AvgIpc) is 2.71. The molecular formula is C8H12N4O. The van der Waals surface area contributed by atoms with Crippen molar-refractivity contribution in [2.24, 2.45) is 0 Å². The highest BCUT2D eigenvalue weighted by atomic mass is 16.2. The standard InChI is InChI=1S/C8H12N4O/c13-8(7-5-9-6-10-7)12-4-2-1-3-11-12/h5-6,11H,1-4H2,(H,9,10). The van der Waals surface area contributed by atoms with Crippen molar-refractivity contribution in [3.8, 4) is 0 Å². The largest absolute Gasteiger partial charge is 0.341 e. The molecule has 70 valence electrons. The molecule has 1 fully saturated rings. The number of amides is 1. The minimum absolute atomic E-state index is 0.0304. The third-order valence-corrected chi connectivity index (χ3v) is 2.08. The summed E-state index contributed by atoms with van der Waals surface area (Å²) >= 11 is 0. The molecule has 5 heteroatoms. The maximum absolute atomic E-state index is 11.7. The van der Waals surface area contributed by atoms with Gasteiger partial charge in [0.05, 0.1) is 12.5 Å². The van der Waals surface area contributed by atoms with Crippen LogP contribution in [0.5, 0.6) is 0 Å². The zero-order chi connectivity index (χ0) is 9.10. The Hall–Kier alpha value is -1.36. The quantitative estimate of drug-likeness (QED) is 0.646. The normalized spacial score (nSPS) is 17.4. The number of aromatic amines is 1. The molecule has 1 amide bonds. The third-order valence-electron chi connectivity index (χ3n) is 2.08. The molecule has 1 saturated heterocycles. The Balaban J connectivity index is 2.04. The summed E-state index contributed by atoms with van der Waals surface area (Å²) < 4.78 is 0. The van der Waals surface area contributed by atoms with Crippen molar-refractivity contribution < 1.29 is 4.79 Å². The predicted octanol–water partition coefficient (Wildman–Crippen LogP) is 0.150. The van der Waals surface area contributed by atoms with Crippen LogP contribution in [0.25, 0.3) is 0 Å². The molecule has 0 aliphatic carbocycles. The summed E-state index contributed by atoms with van der Waals surface area (Å²) in [4.78, 5) is 18.3. The van der Waals surface area contributed by atoms with E-state index in [9.17, 15) is 4.79 Å². The van der Waals surface area contributed by atoms with Crippen LogP contribution in [0.15, 0.2) is 12.5 Å². The van der Waals surface area contributed by atoms with Gasteiger partial charge in [-0.05, 0) is 12.8 Å². The van der Waals surface area contributed by atoms with Crippen LogP contribution in [0.3, 0.4) is 0 Å². The lowest BCUT2D eigenvalue weighted by atomic mass is 10.2. The van der Waals surface area contributed by atoms with E-state index < -0.39 is 0 Å². The van der Waals surface area contributed by atoms with Gasteiger partial charge in [0.25, 0.3) is 5.91 Å². The molecule has 0 bridgehead atoms. The second-order valence-corrected chi connectivity index (χ2v) is 3.04. The number of aromatic nitrogens is 2. The molecule has 0 unspecified atom stereocenters. The van der Waals surface area contributed by atoms with E-state index in [1.807, 2.05) is 0 Å². The molecule has 1 aliphatic rings. The van der Waals surface area contributed by atoms with Gasteiger partial charge in [0, 0.05) is 13.1 Å². The number of hydrogen-bond donors (Lipinski definition) is 2. The van der Waals surface area contributed by atoms with Crippen molar-refractivity contribution in [1.29, 1.82) is 0 Å². The van der Waals surface area contributed by atoms with Crippen LogP contribution >= 0.6 is 0 Å². The van der Waals surface area contributed by atoms with Crippen molar-refractivity contribution in [1.82, 2.24) is 20.4 Å². The number of carbonyl (C=O) groups is 1. The number of imidazole rings is 1. The average molecular weight is 180 g/mol. The van der Waals surface area contributed by atoms with E-state index in [1.165, 1.54) is 6.33 Å². The maximum atomic E-state index is 11.7. The van der Waals surface area contributed by atoms with Crippen LogP contribution < -0.4 is 5.43 Å². The van der Waals surface area contributed by atoms with E-state index >= 15 is 0 Å². The van der Waals surface area contributed by atoms with Gasteiger partial charge >= 0.3 is 0 Å². The van der Waals surface area contributed by atoms with Gasteiger partial charge in [-0.15, -0.1) is 0 Å². The Bertz CT molecular complexity index is 276. The Morgan fingerprint density at radius 3 is 3.08 bits per heavy atom. The summed E-state index contributed by atoms with van der Waals surface area (Å²) in [5, 5.41) is 1.64. The molecular weight excluding hydrogens is 168 g/mol. The summed E-state index contributed by atoms with van der Waals surface area (Å²) in [6.45, 7) is 1.65. The first kappa shape index (κ1) is 8.25. The number of hydrogen-bond acceptors (Lipinski definition) is 3. The molecule has 1 aromatic heterocycles. The van der Waals surface area contributed by atoms with Gasteiger partial charge in [-0.2, -0.15) is 0 Å². The summed E-state index contributed by atoms with van der Waals surface area (Å²) in [6, 6.07) is 0. The molecule has 2 N–H and O–H groups in total. The van der Waals surface area contributed by atoms with Crippen LogP contribution in [0.4, 0.5) is 0 Å². The Morgan fingerprint density at radius 2 is 2.46 bits per heavy atom. The predicted molar refractivity (Wildman–Crippen MR) is 46.9 cm³/mol. The second kappa shape index (κ2) is 3.57. The summed E-state index contributed by atoms with van der Waals surface area (Å²) in [5.74, 6) is -0.0304.